The molecule has 2 nitrogen and oxygen atoms in total. The van der Waals surface area contributed by atoms with Crippen molar-refractivity contribution >= 4 is 5.69 Å². The van der Waals surface area contributed by atoms with Gasteiger partial charge in [0.2, 0.25) is 0 Å². The smallest absolute Gasteiger partial charge is 0.146 e. The highest BCUT2D eigenvalue weighted by Gasteiger charge is 2.50. The molecule has 18 heavy (non-hydrogen) atoms. The zero-order valence-corrected chi connectivity index (χ0v) is 11.5. The van der Waals surface area contributed by atoms with E-state index in [9.17, 15) is 4.39 Å². The Labute approximate surface area is 109 Å². The van der Waals surface area contributed by atoms with Crippen molar-refractivity contribution in [3.63, 3.8) is 0 Å². The van der Waals surface area contributed by atoms with Crippen molar-refractivity contribution in [2.45, 2.75) is 38.6 Å². The molecule has 1 aliphatic carbocycles. The zero-order valence-electron chi connectivity index (χ0n) is 11.5. The van der Waals surface area contributed by atoms with Crippen molar-refractivity contribution in [3.8, 4) is 0 Å². The molecule has 2 N–H and O–H groups in total. The number of anilines is 1. The Morgan fingerprint density at radius 3 is 2.44 bits per heavy atom. The van der Waals surface area contributed by atoms with E-state index in [0.717, 1.165) is 19.3 Å². The van der Waals surface area contributed by atoms with Crippen molar-refractivity contribution < 1.29 is 4.39 Å². The quantitative estimate of drug-likeness (QED) is 0.892. The van der Waals surface area contributed by atoms with E-state index in [1.807, 2.05) is 19.2 Å². The highest BCUT2D eigenvalue weighted by molar-refractivity contribution is 5.51. The Hall–Kier alpha value is -1.09. The first-order chi connectivity index (χ1) is 8.44. The molecule has 1 aromatic carbocycles. The van der Waals surface area contributed by atoms with Crippen LogP contribution in [0.3, 0.4) is 0 Å². The summed E-state index contributed by atoms with van der Waals surface area (Å²) in [6, 6.07) is 6.95. The van der Waals surface area contributed by atoms with E-state index in [4.69, 9.17) is 5.73 Å². The first-order valence-electron chi connectivity index (χ1n) is 6.63. The van der Waals surface area contributed by atoms with Gasteiger partial charge in [-0.15, -0.1) is 0 Å². The molecule has 1 saturated carbocycles. The second-order valence-electron chi connectivity index (χ2n) is 5.98. The van der Waals surface area contributed by atoms with Crippen LogP contribution in [0.4, 0.5) is 10.1 Å². The van der Waals surface area contributed by atoms with Gasteiger partial charge in [0.15, 0.2) is 0 Å². The fraction of sp³-hybridized carbons (Fsp3) is 0.600. The third-order valence-electron chi connectivity index (χ3n) is 4.85. The standard InChI is InChI=1S/C15H23FN2/c1-14(2)9-6-10-15(14,11-17)18(3)13-8-5-4-7-12(13)16/h4-5,7-8H,6,9-11,17H2,1-3H3. The summed E-state index contributed by atoms with van der Waals surface area (Å²) in [5, 5.41) is 0. The zero-order chi connectivity index (χ0) is 13.4. The van der Waals surface area contributed by atoms with Gasteiger partial charge in [-0.05, 0) is 30.4 Å². The first-order valence-corrected chi connectivity index (χ1v) is 6.63. The van der Waals surface area contributed by atoms with Crippen LogP contribution in [0.25, 0.3) is 0 Å². The molecule has 0 bridgehead atoms. The maximum Gasteiger partial charge on any atom is 0.146 e. The van der Waals surface area contributed by atoms with E-state index in [2.05, 4.69) is 18.7 Å². The van der Waals surface area contributed by atoms with E-state index in [1.54, 1.807) is 6.07 Å². The van der Waals surface area contributed by atoms with E-state index in [0.29, 0.717) is 12.2 Å². The molecule has 1 fully saturated rings. The van der Waals surface area contributed by atoms with E-state index < -0.39 is 0 Å². The second-order valence-corrected chi connectivity index (χ2v) is 5.98. The lowest BCUT2D eigenvalue weighted by atomic mass is 9.73. The predicted molar refractivity (Wildman–Crippen MR) is 74.2 cm³/mol. The number of benzene rings is 1. The molecule has 0 amide bonds. The minimum atomic E-state index is -0.171. The molecule has 1 aromatic rings. The second kappa shape index (κ2) is 4.54. The molecule has 0 heterocycles. The largest absolute Gasteiger partial charge is 0.365 e. The number of para-hydroxylation sites is 1. The van der Waals surface area contributed by atoms with E-state index in [-0.39, 0.29) is 16.8 Å². The van der Waals surface area contributed by atoms with Crippen molar-refractivity contribution in [1.82, 2.24) is 0 Å². The molecule has 2 rings (SSSR count). The molecule has 1 unspecified atom stereocenters. The molecule has 0 saturated heterocycles. The Balaban J connectivity index is 2.43. The van der Waals surface area contributed by atoms with Gasteiger partial charge < -0.3 is 10.6 Å². The highest BCUT2D eigenvalue weighted by atomic mass is 19.1. The summed E-state index contributed by atoms with van der Waals surface area (Å²) in [6.07, 6.45) is 3.33. The maximum atomic E-state index is 14.0. The molecule has 0 radical (unpaired) electrons. The summed E-state index contributed by atoms with van der Waals surface area (Å²) in [4.78, 5) is 2.06. The predicted octanol–water partition coefficient (Wildman–Crippen LogP) is 3.17. The SMILES string of the molecule is CN(c1ccccc1F)C1(CN)CCCC1(C)C. The molecule has 3 heteroatoms. The van der Waals surface area contributed by atoms with E-state index in [1.165, 1.54) is 6.07 Å². The Bertz CT molecular complexity index is 430. The summed E-state index contributed by atoms with van der Waals surface area (Å²) in [6.45, 7) is 5.04. The Morgan fingerprint density at radius 2 is 1.94 bits per heavy atom. The minimum Gasteiger partial charge on any atom is -0.365 e. The molecule has 0 spiro atoms. The van der Waals surface area contributed by atoms with Crippen molar-refractivity contribution in [3.05, 3.63) is 30.1 Å². The van der Waals surface area contributed by atoms with Gasteiger partial charge in [-0.1, -0.05) is 32.4 Å². The average Bonchev–Trinajstić information content (AvgIpc) is 2.65. The van der Waals surface area contributed by atoms with Gasteiger partial charge in [0, 0.05) is 13.6 Å². The van der Waals surface area contributed by atoms with Crippen LogP contribution in [0.5, 0.6) is 0 Å². The van der Waals surface area contributed by atoms with Gasteiger partial charge >= 0.3 is 0 Å². The van der Waals surface area contributed by atoms with Crippen molar-refractivity contribution in [1.29, 1.82) is 0 Å². The molecular formula is C15H23FN2. The summed E-state index contributed by atoms with van der Waals surface area (Å²) in [5.74, 6) is -0.171. The molecular weight excluding hydrogens is 227 g/mol. The van der Waals surface area contributed by atoms with Crippen LogP contribution in [0.15, 0.2) is 24.3 Å². The first kappa shape index (κ1) is 13.3. The van der Waals surface area contributed by atoms with Gasteiger partial charge in [-0.2, -0.15) is 0 Å². The minimum absolute atomic E-state index is 0.110. The van der Waals surface area contributed by atoms with Crippen molar-refractivity contribution in [2.75, 3.05) is 18.5 Å². The lowest BCUT2D eigenvalue weighted by molar-refractivity contribution is 0.206. The van der Waals surface area contributed by atoms with Crippen molar-refractivity contribution in [2.24, 2.45) is 11.1 Å². The number of hydrogen-bond donors (Lipinski definition) is 1. The van der Waals surface area contributed by atoms with Gasteiger partial charge in [0.05, 0.1) is 11.2 Å². The Kier molecular flexibility index (Phi) is 3.37. The number of nitrogens with two attached hydrogens (primary N) is 1. The summed E-state index contributed by atoms with van der Waals surface area (Å²) in [5.41, 5.74) is 6.69. The third-order valence-corrected chi connectivity index (χ3v) is 4.85. The number of likely N-dealkylation sites (N-methyl/N-ethyl adjacent to an activating group) is 1. The topological polar surface area (TPSA) is 29.3 Å². The Morgan fingerprint density at radius 1 is 1.28 bits per heavy atom. The van der Waals surface area contributed by atoms with Crippen LogP contribution in [0.1, 0.15) is 33.1 Å². The fourth-order valence-corrected chi connectivity index (χ4v) is 3.49. The van der Waals surface area contributed by atoms with Crippen LogP contribution in [-0.2, 0) is 0 Å². The number of hydrogen-bond acceptors (Lipinski definition) is 2. The average molecular weight is 250 g/mol. The van der Waals surface area contributed by atoms with Gasteiger partial charge in [0.25, 0.3) is 0 Å². The van der Waals surface area contributed by atoms with Crippen LogP contribution < -0.4 is 10.6 Å². The number of halogens is 1. The number of rotatable bonds is 3. The summed E-state index contributed by atoms with van der Waals surface area (Å²) >= 11 is 0. The maximum absolute atomic E-state index is 14.0. The summed E-state index contributed by atoms with van der Waals surface area (Å²) in [7, 11) is 1.97. The van der Waals surface area contributed by atoms with E-state index >= 15 is 0 Å². The van der Waals surface area contributed by atoms with Crippen LogP contribution in [0, 0.1) is 11.2 Å². The molecule has 0 aromatic heterocycles. The number of nitrogens with zero attached hydrogens (tertiary/aromatic N) is 1. The lowest BCUT2D eigenvalue weighted by Crippen LogP contribution is -2.59. The van der Waals surface area contributed by atoms with Gasteiger partial charge in [0.1, 0.15) is 5.82 Å². The molecule has 0 aliphatic heterocycles. The lowest BCUT2D eigenvalue weighted by Gasteiger charge is -2.49. The van der Waals surface area contributed by atoms with Crippen LogP contribution in [-0.4, -0.2) is 19.1 Å². The summed E-state index contributed by atoms with van der Waals surface area (Å²) < 4.78 is 14.0. The molecule has 1 atom stereocenters. The fourth-order valence-electron chi connectivity index (χ4n) is 3.49. The monoisotopic (exact) mass is 250 g/mol. The van der Waals surface area contributed by atoms with Crippen LogP contribution >= 0.6 is 0 Å². The molecule has 1 aliphatic rings. The third kappa shape index (κ3) is 1.81. The highest BCUT2D eigenvalue weighted by Crippen LogP contribution is 2.49. The molecule has 100 valence electrons. The van der Waals surface area contributed by atoms with Gasteiger partial charge in [-0.25, -0.2) is 4.39 Å². The van der Waals surface area contributed by atoms with Gasteiger partial charge in [-0.3, -0.25) is 0 Å². The normalized spacial score (nSPS) is 26.3. The van der Waals surface area contributed by atoms with Crippen LogP contribution in [0.2, 0.25) is 0 Å².